The van der Waals surface area contributed by atoms with Gasteiger partial charge in [-0.3, -0.25) is 15.0 Å². The van der Waals surface area contributed by atoms with Crippen molar-refractivity contribution in [3.63, 3.8) is 0 Å². The van der Waals surface area contributed by atoms with Gasteiger partial charge in [0.05, 0.1) is 12.2 Å². The van der Waals surface area contributed by atoms with Crippen molar-refractivity contribution < 1.29 is 18.8 Å². The molecule has 1 heterocycles. The molecule has 0 aromatic heterocycles. The minimum atomic E-state index is -1.23. The normalized spacial score (nSPS) is 18.8. The van der Waals surface area contributed by atoms with Crippen LogP contribution in [0.15, 0.2) is 54.6 Å². The number of hydrogen-bond acceptors (Lipinski definition) is 4. The summed E-state index contributed by atoms with van der Waals surface area (Å²) in [4.78, 5) is 39.1. The molecule has 0 saturated carbocycles. The van der Waals surface area contributed by atoms with E-state index < -0.39 is 29.2 Å². The number of nitrogens with one attached hydrogen (secondary N) is 2. The number of carbonyl (C=O) groups excluding carboxylic acids is 3. The second-order valence-electron chi connectivity index (χ2n) is 6.54. The van der Waals surface area contributed by atoms with Crippen molar-refractivity contribution in [2.24, 2.45) is 0 Å². The van der Waals surface area contributed by atoms with Crippen LogP contribution in [0.4, 0.5) is 14.9 Å². The summed E-state index contributed by atoms with van der Waals surface area (Å²) in [5.74, 6) is -1.65. The van der Waals surface area contributed by atoms with E-state index in [0.29, 0.717) is 17.0 Å². The summed E-state index contributed by atoms with van der Waals surface area (Å²) in [6.45, 7) is 1.55. The molecule has 1 aliphatic rings. The molecule has 0 bridgehead atoms. The molecule has 1 atom stereocenters. The second kappa shape index (κ2) is 7.67. The van der Waals surface area contributed by atoms with E-state index in [-0.39, 0.29) is 12.2 Å². The van der Waals surface area contributed by atoms with E-state index >= 15 is 0 Å². The zero-order valence-electron chi connectivity index (χ0n) is 15.6. The predicted octanol–water partition coefficient (Wildman–Crippen LogP) is 2.15. The highest BCUT2D eigenvalue weighted by atomic mass is 19.1. The first-order chi connectivity index (χ1) is 13.4. The zero-order chi connectivity index (χ0) is 20.3. The summed E-state index contributed by atoms with van der Waals surface area (Å²) in [5, 5.41) is 3.37. The molecule has 1 unspecified atom stereocenters. The van der Waals surface area contributed by atoms with Crippen LogP contribution in [0.5, 0.6) is 0 Å². The lowest BCUT2D eigenvalue weighted by Crippen LogP contribution is -2.50. The van der Waals surface area contributed by atoms with Crippen molar-refractivity contribution in [1.82, 2.24) is 15.8 Å². The number of nitrogens with zero attached hydrogens (tertiary/aromatic N) is 2. The van der Waals surface area contributed by atoms with Crippen LogP contribution >= 0.6 is 0 Å². The van der Waals surface area contributed by atoms with E-state index in [1.165, 1.54) is 17.0 Å². The molecule has 28 heavy (non-hydrogen) atoms. The highest BCUT2D eigenvalue weighted by Gasteiger charge is 2.52. The molecule has 0 radical (unpaired) electrons. The molecular formula is C20H21FN4O3. The van der Waals surface area contributed by atoms with E-state index in [1.54, 1.807) is 50.4 Å². The Hall–Kier alpha value is -3.42. The average molecular weight is 384 g/mol. The number of imide groups is 1. The maximum Gasteiger partial charge on any atom is 0.344 e. The second-order valence-corrected chi connectivity index (χ2v) is 6.54. The van der Waals surface area contributed by atoms with Crippen molar-refractivity contribution >= 4 is 23.5 Å². The minimum absolute atomic E-state index is 0.234. The van der Waals surface area contributed by atoms with Gasteiger partial charge in [-0.05, 0) is 24.1 Å². The Morgan fingerprint density at radius 3 is 2.43 bits per heavy atom. The largest absolute Gasteiger partial charge is 0.363 e. The number of amides is 4. The molecule has 1 aliphatic heterocycles. The highest BCUT2D eigenvalue weighted by molar-refractivity contribution is 6.08. The number of urea groups is 1. The van der Waals surface area contributed by atoms with Crippen LogP contribution in [-0.4, -0.2) is 36.4 Å². The van der Waals surface area contributed by atoms with Crippen LogP contribution in [-0.2, 0) is 15.1 Å². The fraction of sp³-hybridized carbons (Fsp3) is 0.250. The molecule has 0 aliphatic carbocycles. The van der Waals surface area contributed by atoms with Gasteiger partial charge in [0, 0.05) is 7.05 Å². The summed E-state index contributed by atoms with van der Waals surface area (Å²) in [6.07, 6.45) is 0.323. The lowest BCUT2D eigenvalue weighted by molar-refractivity contribution is -0.139. The Labute approximate surface area is 162 Å². The standard InChI is InChI=1S/C20H21FN4O3/c1-3-20(14-9-5-4-6-10-14)18(27)25(19(28)22-20)23-17(26)13-24(2)16-12-8-7-11-15(16)21/h4-12H,3,13H2,1-2H3,(H,22,28)(H,23,26). The molecule has 8 heteroatoms. The molecular weight excluding hydrogens is 363 g/mol. The zero-order valence-corrected chi connectivity index (χ0v) is 15.6. The quantitative estimate of drug-likeness (QED) is 0.748. The number of likely N-dealkylation sites (N-methyl/N-ethyl adjacent to an activating group) is 1. The van der Waals surface area contributed by atoms with Gasteiger partial charge in [0.15, 0.2) is 0 Å². The fourth-order valence-corrected chi connectivity index (χ4v) is 3.26. The topological polar surface area (TPSA) is 81.8 Å². The van der Waals surface area contributed by atoms with E-state index in [1.807, 2.05) is 6.07 Å². The van der Waals surface area contributed by atoms with Gasteiger partial charge in [-0.15, -0.1) is 0 Å². The summed E-state index contributed by atoms with van der Waals surface area (Å²) in [6, 6.07) is 14.2. The number of rotatable bonds is 6. The van der Waals surface area contributed by atoms with Crippen LogP contribution in [0.3, 0.4) is 0 Å². The van der Waals surface area contributed by atoms with E-state index in [4.69, 9.17) is 0 Å². The summed E-state index contributed by atoms with van der Waals surface area (Å²) >= 11 is 0. The highest BCUT2D eigenvalue weighted by Crippen LogP contribution is 2.31. The van der Waals surface area contributed by atoms with E-state index in [9.17, 15) is 18.8 Å². The molecule has 2 N–H and O–H groups in total. The number of benzene rings is 2. The first-order valence-electron chi connectivity index (χ1n) is 8.86. The van der Waals surface area contributed by atoms with E-state index in [2.05, 4.69) is 10.7 Å². The molecule has 146 valence electrons. The van der Waals surface area contributed by atoms with Gasteiger partial charge >= 0.3 is 6.03 Å². The SMILES string of the molecule is CCC1(c2ccccc2)NC(=O)N(NC(=O)CN(C)c2ccccc2F)C1=O. The number of para-hydroxylation sites is 1. The van der Waals surface area contributed by atoms with Crippen molar-refractivity contribution in [1.29, 1.82) is 0 Å². The lowest BCUT2D eigenvalue weighted by Gasteiger charge is -2.26. The van der Waals surface area contributed by atoms with Gasteiger partial charge in [-0.2, -0.15) is 5.01 Å². The molecule has 2 aromatic carbocycles. The summed E-state index contributed by atoms with van der Waals surface area (Å²) < 4.78 is 13.9. The first kappa shape index (κ1) is 19.3. The molecule has 1 saturated heterocycles. The van der Waals surface area contributed by atoms with Crippen molar-refractivity contribution in [3.8, 4) is 0 Å². The third kappa shape index (κ3) is 3.40. The van der Waals surface area contributed by atoms with Crippen LogP contribution in [0, 0.1) is 5.82 Å². The number of anilines is 1. The summed E-state index contributed by atoms with van der Waals surface area (Å²) in [5.41, 5.74) is 1.97. The molecule has 7 nitrogen and oxygen atoms in total. The smallest absolute Gasteiger partial charge is 0.344 e. The molecule has 1 fully saturated rings. The molecule has 4 amide bonds. The predicted molar refractivity (Wildman–Crippen MR) is 102 cm³/mol. The fourth-order valence-electron chi connectivity index (χ4n) is 3.26. The Balaban J connectivity index is 1.74. The van der Waals surface area contributed by atoms with Gasteiger partial charge in [-0.25, -0.2) is 9.18 Å². The monoisotopic (exact) mass is 384 g/mol. The van der Waals surface area contributed by atoms with Gasteiger partial charge in [0.2, 0.25) is 0 Å². The Kier molecular flexibility index (Phi) is 5.30. The molecule has 2 aromatic rings. The van der Waals surface area contributed by atoms with Crippen molar-refractivity contribution in [2.45, 2.75) is 18.9 Å². The van der Waals surface area contributed by atoms with Crippen LogP contribution in [0.25, 0.3) is 0 Å². The Morgan fingerprint density at radius 2 is 1.79 bits per heavy atom. The van der Waals surface area contributed by atoms with Gasteiger partial charge in [0.1, 0.15) is 11.4 Å². The maximum absolute atomic E-state index is 13.9. The van der Waals surface area contributed by atoms with Gasteiger partial charge in [-0.1, -0.05) is 49.4 Å². The summed E-state index contributed by atoms with van der Waals surface area (Å²) in [7, 11) is 1.55. The Bertz CT molecular complexity index is 905. The van der Waals surface area contributed by atoms with Crippen LogP contribution in [0.2, 0.25) is 0 Å². The number of halogens is 1. The van der Waals surface area contributed by atoms with Gasteiger partial charge in [0.25, 0.3) is 11.8 Å². The van der Waals surface area contributed by atoms with Crippen molar-refractivity contribution in [3.05, 3.63) is 66.0 Å². The number of hydrogen-bond donors (Lipinski definition) is 2. The number of carbonyl (C=O) groups is 3. The molecule has 3 rings (SSSR count). The molecule has 0 spiro atoms. The number of hydrazine groups is 1. The van der Waals surface area contributed by atoms with Gasteiger partial charge < -0.3 is 10.2 Å². The average Bonchev–Trinajstić information content (AvgIpc) is 2.94. The Morgan fingerprint density at radius 1 is 1.14 bits per heavy atom. The maximum atomic E-state index is 13.9. The first-order valence-corrected chi connectivity index (χ1v) is 8.86. The van der Waals surface area contributed by atoms with Crippen molar-refractivity contribution in [2.75, 3.05) is 18.5 Å². The van der Waals surface area contributed by atoms with E-state index in [0.717, 1.165) is 0 Å². The third-order valence-corrected chi connectivity index (χ3v) is 4.77. The van der Waals surface area contributed by atoms with Crippen LogP contribution < -0.4 is 15.6 Å². The lowest BCUT2D eigenvalue weighted by atomic mass is 9.87. The third-order valence-electron chi connectivity index (χ3n) is 4.77. The van der Waals surface area contributed by atoms with Crippen LogP contribution in [0.1, 0.15) is 18.9 Å². The minimum Gasteiger partial charge on any atom is -0.363 e.